The number of rotatable bonds is 4. The van der Waals surface area contributed by atoms with E-state index in [-0.39, 0.29) is 0 Å². The third-order valence-electron chi connectivity index (χ3n) is 4.25. The van der Waals surface area contributed by atoms with Crippen LogP contribution in [0.25, 0.3) is 11.5 Å². The number of likely N-dealkylation sites (tertiary alicyclic amines) is 1. The van der Waals surface area contributed by atoms with Crippen molar-refractivity contribution in [3.63, 3.8) is 0 Å². The molecule has 23 heavy (non-hydrogen) atoms. The molecule has 0 saturated carbocycles. The molecule has 1 aliphatic rings. The topological polar surface area (TPSA) is 60.0 Å². The van der Waals surface area contributed by atoms with E-state index < -0.39 is 0 Å². The van der Waals surface area contributed by atoms with Crippen LogP contribution in [0.15, 0.2) is 53.3 Å². The monoisotopic (exact) mass is 309 g/mol. The summed E-state index contributed by atoms with van der Waals surface area (Å²) in [5, 5.41) is 8.04. The Morgan fingerprint density at radius 3 is 2.96 bits per heavy atom. The van der Waals surface area contributed by atoms with Crippen LogP contribution in [0.3, 0.4) is 0 Å². The molecule has 2 aromatic heterocycles. The van der Waals surface area contributed by atoms with Gasteiger partial charge in [-0.05, 0) is 31.5 Å². The average molecular weight is 309 g/mol. The number of hydrogen-bond acceptors (Lipinski definition) is 5. The second-order valence-corrected chi connectivity index (χ2v) is 5.91. The average Bonchev–Trinajstić information content (AvgIpc) is 3.28. The zero-order valence-corrected chi connectivity index (χ0v) is 12.9. The lowest BCUT2D eigenvalue weighted by molar-refractivity contribution is 0.152. The first-order chi connectivity index (χ1) is 11.4. The van der Waals surface area contributed by atoms with Gasteiger partial charge in [0, 0.05) is 18.3 Å². The van der Waals surface area contributed by atoms with Gasteiger partial charge in [-0.2, -0.15) is 0 Å². The van der Waals surface area contributed by atoms with Gasteiger partial charge in [0.1, 0.15) is 5.76 Å². The fourth-order valence-electron chi connectivity index (χ4n) is 3.12. The summed E-state index contributed by atoms with van der Waals surface area (Å²) in [5.41, 5.74) is 1.01. The SMILES string of the molecule is c1ccc(-c2ncc(CN3CCCC(n4ccnn4)C3)o2)cc1. The molecule has 1 saturated heterocycles. The number of hydrogen-bond donors (Lipinski definition) is 0. The number of nitrogens with zero attached hydrogens (tertiary/aromatic N) is 5. The summed E-state index contributed by atoms with van der Waals surface area (Å²) in [6.07, 6.45) is 7.81. The smallest absolute Gasteiger partial charge is 0.226 e. The molecule has 1 aliphatic heterocycles. The lowest BCUT2D eigenvalue weighted by atomic mass is 10.1. The van der Waals surface area contributed by atoms with Gasteiger partial charge in [-0.3, -0.25) is 4.90 Å². The van der Waals surface area contributed by atoms with E-state index in [1.54, 1.807) is 6.20 Å². The molecule has 0 amide bonds. The highest BCUT2D eigenvalue weighted by molar-refractivity contribution is 5.52. The Hall–Kier alpha value is -2.47. The van der Waals surface area contributed by atoms with Gasteiger partial charge in [-0.1, -0.05) is 23.4 Å². The lowest BCUT2D eigenvalue weighted by Crippen LogP contribution is -2.36. The summed E-state index contributed by atoms with van der Waals surface area (Å²) in [5.74, 6) is 1.59. The highest BCUT2D eigenvalue weighted by Gasteiger charge is 2.22. The van der Waals surface area contributed by atoms with E-state index in [2.05, 4.69) is 20.2 Å². The first-order valence-corrected chi connectivity index (χ1v) is 7.97. The lowest BCUT2D eigenvalue weighted by Gasteiger charge is -2.31. The van der Waals surface area contributed by atoms with Crippen LogP contribution in [0.1, 0.15) is 24.6 Å². The predicted octanol–water partition coefficient (Wildman–Crippen LogP) is 2.77. The molecule has 4 rings (SSSR count). The fourth-order valence-corrected chi connectivity index (χ4v) is 3.12. The molecule has 0 N–H and O–H groups in total. The van der Waals surface area contributed by atoms with E-state index >= 15 is 0 Å². The molecule has 1 fully saturated rings. The highest BCUT2D eigenvalue weighted by Crippen LogP contribution is 2.24. The molecule has 1 aromatic carbocycles. The van der Waals surface area contributed by atoms with Crippen molar-refractivity contribution in [2.24, 2.45) is 0 Å². The molecule has 1 atom stereocenters. The minimum Gasteiger partial charge on any atom is -0.440 e. The Morgan fingerprint density at radius 2 is 2.13 bits per heavy atom. The molecule has 0 radical (unpaired) electrons. The first kappa shape index (κ1) is 14.1. The Kier molecular flexibility index (Phi) is 3.90. The van der Waals surface area contributed by atoms with Gasteiger partial charge in [0.25, 0.3) is 0 Å². The predicted molar refractivity (Wildman–Crippen MR) is 85.5 cm³/mol. The Balaban J connectivity index is 1.43. The fraction of sp³-hybridized carbons (Fsp3) is 0.353. The molecule has 1 unspecified atom stereocenters. The van der Waals surface area contributed by atoms with Crippen LogP contribution < -0.4 is 0 Å². The molecule has 0 spiro atoms. The highest BCUT2D eigenvalue weighted by atomic mass is 16.4. The van der Waals surface area contributed by atoms with Gasteiger partial charge >= 0.3 is 0 Å². The van der Waals surface area contributed by atoms with Crippen LogP contribution in [0.4, 0.5) is 0 Å². The van der Waals surface area contributed by atoms with Crippen LogP contribution in [0, 0.1) is 0 Å². The van der Waals surface area contributed by atoms with Crippen LogP contribution in [-0.2, 0) is 6.54 Å². The van der Waals surface area contributed by atoms with Gasteiger partial charge in [0.15, 0.2) is 0 Å². The molecule has 0 bridgehead atoms. The molecule has 3 heterocycles. The Morgan fingerprint density at radius 1 is 1.22 bits per heavy atom. The Bertz CT molecular complexity index is 737. The molecule has 3 aromatic rings. The molecular weight excluding hydrogens is 290 g/mol. The van der Waals surface area contributed by atoms with Gasteiger partial charge in [-0.15, -0.1) is 5.10 Å². The van der Waals surface area contributed by atoms with E-state index in [0.717, 1.165) is 43.8 Å². The van der Waals surface area contributed by atoms with E-state index in [4.69, 9.17) is 4.42 Å². The number of benzene rings is 1. The quantitative estimate of drug-likeness (QED) is 0.741. The molecular formula is C17H19N5O. The van der Waals surface area contributed by atoms with Crippen molar-refractivity contribution >= 4 is 0 Å². The van der Waals surface area contributed by atoms with Crippen molar-refractivity contribution in [1.29, 1.82) is 0 Å². The van der Waals surface area contributed by atoms with Crippen LogP contribution in [-0.4, -0.2) is 38.0 Å². The van der Waals surface area contributed by atoms with E-state index in [1.807, 2.05) is 47.4 Å². The maximum atomic E-state index is 5.91. The maximum Gasteiger partial charge on any atom is 0.226 e. The molecule has 6 heteroatoms. The van der Waals surface area contributed by atoms with Gasteiger partial charge < -0.3 is 4.42 Å². The number of piperidine rings is 1. The summed E-state index contributed by atoms with van der Waals surface area (Å²) in [6, 6.07) is 10.4. The summed E-state index contributed by atoms with van der Waals surface area (Å²) >= 11 is 0. The van der Waals surface area contributed by atoms with Crippen molar-refractivity contribution in [2.75, 3.05) is 13.1 Å². The van der Waals surface area contributed by atoms with Crippen molar-refractivity contribution < 1.29 is 4.42 Å². The van der Waals surface area contributed by atoms with Crippen molar-refractivity contribution in [3.8, 4) is 11.5 Å². The molecule has 6 nitrogen and oxygen atoms in total. The zero-order chi connectivity index (χ0) is 15.5. The standard InChI is InChI=1S/C17H19N5O/c1-2-5-14(6-3-1)17-18-11-16(23-17)13-21-9-4-7-15(12-21)22-10-8-19-20-22/h1-3,5-6,8,10-11,15H,4,7,9,12-13H2. The summed E-state index contributed by atoms with van der Waals surface area (Å²) in [4.78, 5) is 6.79. The van der Waals surface area contributed by atoms with Crippen molar-refractivity contribution in [3.05, 3.63) is 54.7 Å². The maximum absolute atomic E-state index is 5.91. The second-order valence-electron chi connectivity index (χ2n) is 5.91. The van der Waals surface area contributed by atoms with E-state index in [1.165, 1.54) is 0 Å². The van der Waals surface area contributed by atoms with E-state index in [9.17, 15) is 0 Å². The van der Waals surface area contributed by atoms with Gasteiger partial charge in [-0.25, -0.2) is 9.67 Å². The van der Waals surface area contributed by atoms with Crippen LogP contribution in [0.2, 0.25) is 0 Å². The summed E-state index contributed by atoms with van der Waals surface area (Å²) in [7, 11) is 0. The van der Waals surface area contributed by atoms with Gasteiger partial charge in [0.2, 0.25) is 5.89 Å². The third kappa shape index (κ3) is 3.17. The van der Waals surface area contributed by atoms with Gasteiger partial charge in [0.05, 0.1) is 25.0 Å². The van der Waals surface area contributed by atoms with Crippen molar-refractivity contribution in [1.82, 2.24) is 24.9 Å². The largest absolute Gasteiger partial charge is 0.440 e. The number of aromatic nitrogens is 4. The third-order valence-corrected chi connectivity index (χ3v) is 4.25. The second kappa shape index (κ2) is 6.34. The first-order valence-electron chi connectivity index (χ1n) is 7.97. The Labute approximate surface area is 134 Å². The summed E-state index contributed by atoms with van der Waals surface area (Å²) in [6.45, 7) is 2.82. The molecule has 0 aliphatic carbocycles. The minimum absolute atomic E-state index is 0.391. The van der Waals surface area contributed by atoms with Crippen LogP contribution >= 0.6 is 0 Å². The van der Waals surface area contributed by atoms with E-state index in [0.29, 0.717) is 11.9 Å². The minimum atomic E-state index is 0.391. The normalized spacial score (nSPS) is 19.0. The number of oxazole rings is 1. The summed E-state index contributed by atoms with van der Waals surface area (Å²) < 4.78 is 7.87. The van der Waals surface area contributed by atoms with Crippen LogP contribution in [0.5, 0.6) is 0 Å². The molecule has 118 valence electrons. The zero-order valence-electron chi connectivity index (χ0n) is 12.9. The van der Waals surface area contributed by atoms with Crippen molar-refractivity contribution in [2.45, 2.75) is 25.4 Å².